The maximum atomic E-state index is 6.38. The average Bonchev–Trinajstić information content (AvgIpc) is 3.33. The molecular weight excluding hydrogens is 388 g/mol. The highest BCUT2D eigenvalue weighted by atomic mass is 16.5. The minimum Gasteiger partial charge on any atom is -0.420 e. The second-order valence-corrected chi connectivity index (χ2v) is 7.89. The molecule has 2 aromatic carbocycles. The van der Waals surface area contributed by atoms with Crippen LogP contribution in [0.2, 0.25) is 0 Å². The first kappa shape index (κ1) is 17.8. The molecule has 6 rings (SSSR count). The third kappa shape index (κ3) is 2.66. The molecule has 1 aliphatic rings. The van der Waals surface area contributed by atoms with Gasteiger partial charge in [0, 0.05) is 0 Å². The average molecular weight is 408 g/mol. The summed E-state index contributed by atoms with van der Waals surface area (Å²) in [5.41, 5.74) is 6.90. The normalized spacial score (nSPS) is 14.9. The molecule has 1 aliphatic heterocycles. The molecule has 0 amide bonds. The van der Waals surface area contributed by atoms with Gasteiger partial charge in [0.15, 0.2) is 5.65 Å². The number of para-hydroxylation sites is 1. The van der Waals surface area contributed by atoms with Crippen molar-refractivity contribution in [2.75, 3.05) is 0 Å². The van der Waals surface area contributed by atoms with E-state index in [1.807, 2.05) is 48.9 Å². The molecule has 0 radical (unpaired) electrons. The number of rotatable bonds is 2. The lowest BCUT2D eigenvalue weighted by Gasteiger charge is -2.26. The van der Waals surface area contributed by atoms with E-state index in [1.54, 1.807) is 10.8 Å². The molecule has 31 heavy (non-hydrogen) atoms. The first-order valence-electron chi connectivity index (χ1n) is 10.2. The van der Waals surface area contributed by atoms with Gasteiger partial charge in [0.05, 0.1) is 28.4 Å². The van der Waals surface area contributed by atoms with Crippen LogP contribution in [0.4, 0.5) is 0 Å². The quantitative estimate of drug-likeness (QED) is 0.421. The summed E-state index contributed by atoms with van der Waals surface area (Å²) >= 11 is 0. The maximum Gasteiger partial charge on any atom is 0.230 e. The van der Waals surface area contributed by atoms with Crippen molar-refractivity contribution in [2.24, 2.45) is 0 Å². The van der Waals surface area contributed by atoms with Crippen molar-refractivity contribution in [2.45, 2.75) is 26.7 Å². The summed E-state index contributed by atoms with van der Waals surface area (Å²) in [5.74, 6) is 1.81. The molecule has 0 N–H and O–H groups in total. The van der Waals surface area contributed by atoms with E-state index in [2.05, 4.69) is 41.3 Å². The van der Waals surface area contributed by atoms with Gasteiger partial charge in [-0.1, -0.05) is 48.0 Å². The van der Waals surface area contributed by atoms with E-state index in [-0.39, 0.29) is 5.92 Å². The summed E-state index contributed by atoms with van der Waals surface area (Å²) in [6.45, 7) is 6.00. The molecule has 3 aromatic heterocycles. The maximum absolute atomic E-state index is 6.38. The van der Waals surface area contributed by atoms with E-state index < -0.39 is 0 Å². The van der Waals surface area contributed by atoms with Gasteiger partial charge in [-0.3, -0.25) is 0 Å². The van der Waals surface area contributed by atoms with Crippen molar-refractivity contribution in [1.82, 2.24) is 29.4 Å². The Kier molecular flexibility index (Phi) is 3.74. The van der Waals surface area contributed by atoms with Crippen molar-refractivity contribution in [3.8, 4) is 17.4 Å². The number of hydrogen-bond donors (Lipinski definition) is 0. The highest BCUT2D eigenvalue weighted by Crippen LogP contribution is 2.49. The van der Waals surface area contributed by atoms with Crippen LogP contribution in [0.5, 0.6) is 11.8 Å². The molecule has 0 bridgehead atoms. The van der Waals surface area contributed by atoms with Crippen molar-refractivity contribution in [3.63, 3.8) is 0 Å². The number of aryl methyl sites for hydroxylation is 3. The van der Waals surface area contributed by atoms with Gasteiger partial charge in [-0.25, -0.2) is 19.2 Å². The summed E-state index contributed by atoms with van der Waals surface area (Å²) in [6.07, 6.45) is 1.65. The molecule has 0 saturated heterocycles. The molecule has 152 valence electrons. The number of nitrogens with zero attached hydrogens (tertiary/aromatic N) is 6. The van der Waals surface area contributed by atoms with Crippen LogP contribution >= 0.6 is 0 Å². The van der Waals surface area contributed by atoms with Crippen molar-refractivity contribution >= 4 is 5.65 Å². The van der Waals surface area contributed by atoms with Crippen molar-refractivity contribution in [1.29, 1.82) is 0 Å². The van der Waals surface area contributed by atoms with Crippen LogP contribution in [0, 0.1) is 20.8 Å². The summed E-state index contributed by atoms with van der Waals surface area (Å²) in [5, 5.41) is 9.31. The molecule has 4 heterocycles. The van der Waals surface area contributed by atoms with Gasteiger partial charge in [-0.2, -0.15) is 10.2 Å². The summed E-state index contributed by atoms with van der Waals surface area (Å²) in [4.78, 5) is 9.29. The molecule has 7 heteroatoms. The highest BCUT2D eigenvalue weighted by molar-refractivity contribution is 5.66. The molecule has 0 aliphatic carbocycles. The van der Waals surface area contributed by atoms with E-state index >= 15 is 0 Å². The third-order valence-corrected chi connectivity index (χ3v) is 5.74. The monoisotopic (exact) mass is 408 g/mol. The molecule has 0 spiro atoms. The summed E-state index contributed by atoms with van der Waals surface area (Å²) in [6, 6.07) is 18.6. The standard InChI is InChI=1S/C24H20N6O/c1-14-9-11-17(12-10-14)20-19-15(2)27-30(18-7-5-4-6-8-18)24(19)31-23-21(20)22-26-16(3)28-29(22)13-25-23/h4-13,20H,1-3H3/t20-/m0/s1. The fraction of sp³-hybridized carbons (Fsp3) is 0.167. The van der Waals surface area contributed by atoms with E-state index in [1.165, 1.54) is 5.56 Å². The Hall–Kier alpha value is -4.00. The van der Waals surface area contributed by atoms with E-state index in [9.17, 15) is 0 Å². The summed E-state index contributed by atoms with van der Waals surface area (Å²) < 4.78 is 9.96. The lowest BCUT2D eigenvalue weighted by molar-refractivity contribution is 0.402. The van der Waals surface area contributed by atoms with Crippen LogP contribution in [0.25, 0.3) is 11.3 Å². The Morgan fingerprint density at radius 3 is 2.42 bits per heavy atom. The lowest BCUT2D eigenvalue weighted by atomic mass is 9.84. The van der Waals surface area contributed by atoms with Crippen molar-refractivity contribution < 1.29 is 4.74 Å². The third-order valence-electron chi connectivity index (χ3n) is 5.74. The number of fused-ring (bicyclic) bond motifs is 4. The molecule has 0 fully saturated rings. The van der Waals surface area contributed by atoms with Gasteiger partial charge < -0.3 is 4.74 Å². The van der Waals surface area contributed by atoms with Gasteiger partial charge in [0.25, 0.3) is 0 Å². The summed E-state index contributed by atoms with van der Waals surface area (Å²) in [7, 11) is 0. The number of benzene rings is 2. The van der Waals surface area contributed by atoms with E-state index in [0.717, 1.165) is 33.7 Å². The second kappa shape index (κ2) is 6.50. The molecule has 7 nitrogen and oxygen atoms in total. The second-order valence-electron chi connectivity index (χ2n) is 7.89. The van der Waals surface area contributed by atoms with Crippen LogP contribution < -0.4 is 4.74 Å². The zero-order chi connectivity index (χ0) is 21.1. The Morgan fingerprint density at radius 2 is 1.65 bits per heavy atom. The van der Waals surface area contributed by atoms with E-state index in [4.69, 9.17) is 14.8 Å². The van der Waals surface area contributed by atoms with Gasteiger partial charge >= 0.3 is 0 Å². The van der Waals surface area contributed by atoms with Gasteiger partial charge in [0.1, 0.15) is 12.2 Å². The first-order chi connectivity index (χ1) is 15.1. The van der Waals surface area contributed by atoms with Gasteiger partial charge in [0.2, 0.25) is 11.8 Å². The Morgan fingerprint density at radius 1 is 0.871 bits per heavy atom. The molecule has 0 saturated carbocycles. The minimum absolute atomic E-state index is 0.114. The number of aromatic nitrogens is 6. The van der Waals surface area contributed by atoms with E-state index in [0.29, 0.717) is 17.6 Å². The minimum atomic E-state index is -0.114. The predicted molar refractivity (Wildman–Crippen MR) is 116 cm³/mol. The topological polar surface area (TPSA) is 70.1 Å². The van der Waals surface area contributed by atoms with Crippen LogP contribution in [-0.2, 0) is 0 Å². The van der Waals surface area contributed by atoms with Crippen molar-refractivity contribution in [3.05, 3.63) is 94.7 Å². The zero-order valence-electron chi connectivity index (χ0n) is 17.4. The first-order valence-corrected chi connectivity index (χ1v) is 10.2. The smallest absolute Gasteiger partial charge is 0.230 e. The Labute approximate surface area is 179 Å². The highest BCUT2D eigenvalue weighted by Gasteiger charge is 2.37. The zero-order valence-corrected chi connectivity index (χ0v) is 17.4. The number of hydrogen-bond acceptors (Lipinski definition) is 5. The SMILES string of the molecule is Cc1ccc([C@H]2c3c(C)nn(-c4ccccc4)c3Oc3ncn4nc(C)nc4c32)cc1. The Balaban J connectivity index is 1.67. The fourth-order valence-corrected chi connectivity index (χ4v) is 4.32. The fourth-order valence-electron chi connectivity index (χ4n) is 4.32. The molecule has 0 unspecified atom stereocenters. The Bertz CT molecular complexity index is 1430. The predicted octanol–water partition coefficient (Wildman–Crippen LogP) is 4.52. The van der Waals surface area contributed by atoms with Gasteiger partial charge in [-0.05, 0) is 38.5 Å². The van der Waals surface area contributed by atoms with Crippen LogP contribution in [-0.4, -0.2) is 29.4 Å². The molecule has 5 aromatic rings. The molecule has 1 atom stereocenters. The van der Waals surface area contributed by atoms with Gasteiger partial charge in [-0.15, -0.1) is 0 Å². The lowest BCUT2D eigenvalue weighted by Crippen LogP contribution is -2.16. The largest absolute Gasteiger partial charge is 0.420 e. The number of ether oxygens (including phenoxy) is 1. The van der Waals surface area contributed by atoms with Crippen LogP contribution in [0.3, 0.4) is 0 Å². The van der Waals surface area contributed by atoms with Crippen LogP contribution in [0.15, 0.2) is 60.9 Å². The molecular formula is C24H20N6O. The van der Waals surface area contributed by atoms with Crippen LogP contribution in [0.1, 0.15) is 39.7 Å².